The summed E-state index contributed by atoms with van der Waals surface area (Å²) in [5, 5.41) is 7.24. The van der Waals surface area contributed by atoms with Gasteiger partial charge in [-0.1, -0.05) is 6.07 Å². The molecule has 1 aliphatic heterocycles. The summed E-state index contributed by atoms with van der Waals surface area (Å²) in [5.41, 5.74) is 3.38. The Morgan fingerprint density at radius 2 is 1.92 bits per heavy atom. The normalized spacial score (nSPS) is 14.8. The van der Waals surface area contributed by atoms with Crippen molar-refractivity contribution in [2.45, 2.75) is 31.4 Å². The summed E-state index contributed by atoms with van der Waals surface area (Å²) >= 11 is 1.47. The lowest BCUT2D eigenvalue weighted by Gasteiger charge is -2.16. The van der Waals surface area contributed by atoms with E-state index < -0.39 is 15.9 Å². The van der Waals surface area contributed by atoms with Crippen molar-refractivity contribution in [2.24, 2.45) is 0 Å². The number of nitrogens with zero attached hydrogens (tertiary/aromatic N) is 5. The number of anilines is 1. The van der Waals surface area contributed by atoms with Gasteiger partial charge in [0.1, 0.15) is 12.0 Å². The van der Waals surface area contributed by atoms with Gasteiger partial charge in [-0.15, -0.1) is 11.3 Å². The number of rotatable bonds is 2. The summed E-state index contributed by atoms with van der Waals surface area (Å²) in [6.45, 7) is 4.38. The van der Waals surface area contributed by atoms with E-state index in [1.807, 2.05) is 26.1 Å². The maximum Gasteiger partial charge on any atom is 0.262 e. The Morgan fingerprint density at radius 1 is 1.05 bits per heavy atom. The molecule has 1 aliphatic rings. The third kappa shape index (κ3) is 4.93. The zero-order valence-corrected chi connectivity index (χ0v) is 22.6. The van der Waals surface area contributed by atoms with Crippen molar-refractivity contribution in [2.75, 3.05) is 11.3 Å². The molecule has 0 aliphatic carbocycles. The first-order chi connectivity index (χ1) is 18.8. The molecule has 1 aromatic carbocycles. The second-order valence-corrected chi connectivity index (χ2v) is 11.9. The minimum absolute atomic E-state index is 0.0625. The van der Waals surface area contributed by atoms with Gasteiger partial charge in [0.15, 0.2) is 0 Å². The summed E-state index contributed by atoms with van der Waals surface area (Å²) in [4.78, 5) is 26.9. The summed E-state index contributed by atoms with van der Waals surface area (Å²) < 4.78 is 37.9. The van der Waals surface area contributed by atoms with E-state index in [-0.39, 0.29) is 28.1 Å². The fourth-order valence-electron chi connectivity index (χ4n) is 4.18. The van der Waals surface area contributed by atoms with E-state index in [0.29, 0.717) is 18.7 Å². The van der Waals surface area contributed by atoms with Crippen LogP contribution in [0, 0.1) is 0 Å². The maximum atomic E-state index is 13.4. The SMILES string of the molecule is CC(C)Oc1ncc2cc1NS(=O)(=O)c1cccc(c1)C(=O)NCCn1cc(cn1)-c1ncnc3cc-2sc13. The average molecular weight is 562 g/mol. The first-order valence-corrected chi connectivity index (χ1v) is 14.4. The van der Waals surface area contributed by atoms with Crippen LogP contribution in [0.3, 0.4) is 0 Å². The number of pyridine rings is 1. The van der Waals surface area contributed by atoms with Crippen LogP contribution in [0.4, 0.5) is 5.69 Å². The molecule has 5 aromatic rings. The van der Waals surface area contributed by atoms with Crippen LogP contribution >= 0.6 is 11.3 Å². The largest absolute Gasteiger partial charge is 0.473 e. The molecule has 4 aromatic heterocycles. The second-order valence-electron chi connectivity index (χ2n) is 9.17. The molecule has 0 radical (unpaired) electrons. The van der Waals surface area contributed by atoms with Crippen molar-refractivity contribution in [1.82, 2.24) is 30.0 Å². The van der Waals surface area contributed by atoms with Crippen LogP contribution in [0.5, 0.6) is 5.88 Å². The topological polar surface area (TPSA) is 141 Å². The fraction of sp³-hybridized carbons (Fsp3) is 0.192. The van der Waals surface area contributed by atoms with Gasteiger partial charge in [-0.05, 0) is 44.2 Å². The van der Waals surface area contributed by atoms with Gasteiger partial charge in [0.2, 0.25) is 5.88 Å². The molecule has 0 saturated carbocycles. The number of aromatic nitrogens is 5. The molecular formula is C26H23N7O4S2. The van der Waals surface area contributed by atoms with Gasteiger partial charge in [-0.2, -0.15) is 5.10 Å². The zero-order valence-electron chi connectivity index (χ0n) is 21.0. The Hall–Kier alpha value is -4.36. The van der Waals surface area contributed by atoms with Crippen molar-refractivity contribution in [3.8, 4) is 27.6 Å². The molecular weight excluding hydrogens is 538 g/mol. The number of carbonyl (C=O) groups excluding carboxylic acids is 1. The molecule has 0 saturated heterocycles. The number of amides is 1. The molecule has 1 amide bonds. The standard InChI is InChI=1S/C26H23N7O4S2/c1-15(2)37-26-21-9-17(11-28-26)22-10-20-24(38-22)23(30-14-29-20)18-12-31-33(13-18)7-6-27-25(34)16-4-3-5-19(8-16)39(35,36)32-21/h3-5,8-15,32H,6-7H2,1-2H3,(H,27,34). The van der Waals surface area contributed by atoms with Crippen LogP contribution < -0.4 is 14.8 Å². The number of hydrogen-bond donors (Lipinski definition) is 2. The Kier molecular flexibility index (Phi) is 6.23. The molecule has 2 N–H and O–H groups in total. The highest BCUT2D eigenvalue weighted by Gasteiger charge is 2.22. The molecule has 198 valence electrons. The molecule has 6 rings (SSSR count). The van der Waals surface area contributed by atoms with Crippen molar-refractivity contribution >= 4 is 43.2 Å². The molecule has 13 heteroatoms. The van der Waals surface area contributed by atoms with Gasteiger partial charge in [-0.25, -0.2) is 23.4 Å². The Labute approximate surface area is 228 Å². The predicted molar refractivity (Wildman–Crippen MR) is 147 cm³/mol. The summed E-state index contributed by atoms with van der Waals surface area (Å²) in [6, 6.07) is 9.46. The van der Waals surface area contributed by atoms with Gasteiger partial charge >= 0.3 is 0 Å². The number of fused-ring (bicyclic) bond motifs is 9. The number of benzene rings is 1. The van der Waals surface area contributed by atoms with Gasteiger partial charge in [-0.3, -0.25) is 14.2 Å². The Morgan fingerprint density at radius 3 is 2.77 bits per heavy atom. The first-order valence-electron chi connectivity index (χ1n) is 12.1. The van der Waals surface area contributed by atoms with Gasteiger partial charge in [0, 0.05) is 40.5 Å². The lowest BCUT2D eigenvalue weighted by molar-refractivity contribution is 0.0951. The number of nitrogens with one attached hydrogen (secondary N) is 2. The van der Waals surface area contributed by atoms with Gasteiger partial charge in [0.05, 0.1) is 39.7 Å². The molecule has 0 atom stereocenters. The highest BCUT2D eigenvalue weighted by Crippen LogP contribution is 2.39. The van der Waals surface area contributed by atoms with Crippen LogP contribution in [-0.2, 0) is 16.6 Å². The van der Waals surface area contributed by atoms with Crippen molar-refractivity contribution in [3.05, 3.63) is 66.9 Å². The third-order valence-electron chi connectivity index (χ3n) is 5.98. The molecule has 0 spiro atoms. The molecule has 0 unspecified atom stereocenters. The van der Waals surface area contributed by atoms with E-state index in [1.165, 1.54) is 35.9 Å². The van der Waals surface area contributed by atoms with Gasteiger partial charge in [0.25, 0.3) is 15.9 Å². The van der Waals surface area contributed by atoms with E-state index in [9.17, 15) is 13.2 Å². The third-order valence-corrected chi connectivity index (χ3v) is 8.52. The number of ether oxygens (including phenoxy) is 1. The maximum absolute atomic E-state index is 13.4. The van der Waals surface area contributed by atoms with Crippen LogP contribution in [0.25, 0.3) is 31.9 Å². The highest BCUT2D eigenvalue weighted by atomic mass is 32.2. The highest BCUT2D eigenvalue weighted by molar-refractivity contribution is 7.92. The molecule has 8 bridgehead atoms. The molecule has 5 heterocycles. The van der Waals surface area contributed by atoms with Crippen molar-refractivity contribution < 1.29 is 17.9 Å². The van der Waals surface area contributed by atoms with Crippen LogP contribution in [-0.4, -0.2) is 51.7 Å². The lowest BCUT2D eigenvalue weighted by Crippen LogP contribution is -2.27. The van der Waals surface area contributed by atoms with E-state index >= 15 is 0 Å². The minimum atomic E-state index is -4.08. The number of sulfonamides is 1. The van der Waals surface area contributed by atoms with E-state index in [1.54, 1.807) is 29.2 Å². The van der Waals surface area contributed by atoms with Crippen LogP contribution in [0.1, 0.15) is 24.2 Å². The monoisotopic (exact) mass is 561 g/mol. The van der Waals surface area contributed by atoms with E-state index in [2.05, 4.69) is 30.1 Å². The fourth-order valence-corrected chi connectivity index (χ4v) is 6.38. The first kappa shape index (κ1) is 24.9. The zero-order chi connectivity index (χ0) is 27.1. The van der Waals surface area contributed by atoms with E-state index in [4.69, 9.17) is 4.74 Å². The summed E-state index contributed by atoms with van der Waals surface area (Å²) in [7, 11) is -4.08. The van der Waals surface area contributed by atoms with Crippen molar-refractivity contribution in [3.63, 3.8) is 0 Å². The summed E-state index contributed by atoms with van der Waals surface area (Å²) in [5.74, 6) is -0.251. The number of carbonyl (C=O) groups is 1. The smallest absolute Gasteiger partial charge is 0.262 e. The van der Waals surface area contributed by atoms with Crippen LogP contribution in [0.2, 0.25) is 0 Å². The summed E-state index contributed by atoms with van der Waals surface area (Å²) in [6.07, 6.45) is 6.51. The molecule has 11 nitrogen and oxygen atoms in total. The lowest BCUT2D eigenvalue weighted by atomic mass is 10.2. The molecule has 39 heavy (non-hydrogen) atoms. The molecule has 0 fully saturated rings. The van der Waals surface area contributed by atoms with Gasteiger partial charge < -0.3 is 10.1 Å². The van der Waals surface area contributed by atoms with E-state index in [0.717, 1.165) is 26.4 Å². The predicted octanol–water partition coefficient (Wildman–Crippen LogP) is 3.95. The Balaban J connectivity index is 1.53. The number of thiophene rings is 1. The average Bonchev–Trinajstić information content (AvgIpc) is 3.56. The second kappa shape index (κ2) is 9.75. The minimum Gasteiger partial charge on any atom is -0.473 e. The number of hydrogen-bond acceptors (Lipinski definition) is 9. The quantitative estimate of drug-likeness (QED) is 0.330. The van der Waals surface area contributed by atoms with Crippen molar-refractivity contribution in [1.29, 1.82) is 0 Å². The Bertz CT molecular complexity index is 1830. The van der Waals surface area contributed by atoms with Crippen LogP contribution in [0.15, 0.2) is 66.2 Å².